The van der Waals surface area contributed by atoms with Crippen LogP contribution < -0.4 is 0 Å². The summed E-state index contributed by atoms with van der Waals surface area (Å²) in [5.41, 5.74) is 0.521. The second-order valence-corrected chi connectivity index (χ2v) is 8.07. The Hall–Kier alpha value is -2.94. The Bertz CT molecular complexity index is 1050. The van der Waals surface area contributed by atoms with Crippen LogP contribution in [-0.2, 0) is 0 Å². The van der Waals surface area contributed by atoms with Gasteiger partial charge >= 0.3 is 0 Å². The molecule has 0 fully saturated rings. The van der Waals surface area contributed by atoms with E-state index in [4.69, 9.17) is 23.2 Å². The minimum absolute atomic E-state index is 0.00430. The van der Waals surface area contributed by atoms with Crippen LogP contribution in [0.15, 0.2) is 103 Å². The van der Waals surface area contributed by atoms with Crippen molar-refractivity contribution in [3.05, 3.63) is 130 Å². The molecule has 0 bridgehead atoms. The van der Waals surface area contributed by atoms with Crippen LogP contribution >= 0.6 is 23.2 Å². The molecule has 0 saturated carbocycles. The molecule has 0 spiro atoms. The van der Waals surface area contributed by atoms with E-state index in [1.807, 2.05) is 42.5 Å². The number of allylic oxidation sites excluding steroid dienone is 4. The fourth-order valence-electron chi connectivity index (χ4n) is 3.61. The predicted molar refractivity (Wildman–Crippen MR) is 121 cm³/mol. The summed E-state index contributed by atoms with van der Waals surface area (Å²) in [6.45, 7) is 0. The summed E-state index contributed by atoms with van der Waals surface area (Å²) in [6, 6.07) is 23.1. The van der Waals surface area contributed by atoms with Crippen LogP contribution in [0.25, 0.3) is 0 Å². The number of carbonyl (C=O) groups excluding carboxylic acids is 2. The van der Waals surface area contributed by atoms with Crippen molar-refractivity contribution in [2.45, 2.75) is 5.92 Å². The number of benzene rings is 3. The number of carbonyl (C=O) groups is 2. The van der Waals surface area contributed by atoms with Gasteiger partial charge in [-0.2, -0.15) is 0 Å². The van der Waals surface area contributed by atoms with Gasteiger partial charge < -0.3 is 0 Å². The summed E-state index contributed by atoms with van der Waals surface area (Å²) < 4.78 is 0. The Kier molecular flexibility index (Phi) is 5.72. The van der Waals surface area contributed by atoms with Crippen molar-refractivity contribution in [2.75, 3.05) is 0 Å². The molecule has 0 aromatic heterocycles. The van der Waals surface area contributed by atoms with E-state index in [9.17, 15) is 9.59 Å². The van der Waals surface area contributed by atoms with Crippen molar-refractivity contribution in [1.82, 2.24) is 0 Å². The van der Waals surface area contributed by atoms with Gasteiger partial charge in [-0.15, -0.1) is 0 Å². The molecule has 0 heterocycles. The number of ketones is 2. The summed E-state index contributed by atoms with van der Waals surface area (Å²) in [5, 5.41) is 1.06. The third kappa shape index (κ3) is 3.89. The Labute approximate surface area is 185 Å². The molecule has 0 saturated heterocycles. The Morgan fingerprint density at radius 1 is 0.633 bits per heavy atom. The van der Waals surface area contributed by atoms with Gasteiger partial charge in [-0.1, -0.05) is 77.8 Å². The molecule has 3 aromatic carbocycles. The molecule has 30 heavy (non-hydrogen) atoms. The molecule has 1 aliphatic rings. The van der Waals surface area contributed by atoms with E-state index >= 15 is 0 Å². The van der Waals surface area contributed by atoms with E-state index in [1.54, 1.807) is 60.7 Å². The Morgan fingerprint density at radius 2 is 1.07 bits per heavy atom. The highest BCUT2D eigenvalue weighted by Gasteiger charge is 2.43. The van der Waals surface area contributed by atoms with Gasteiger partial charge in [0.2, 0.25) is 0 Å². The summed E-state index contributed by atoms with van der Waals surface area (Å²) in [4.78, 5) is 27.1. The van der Waals surface area contributed by atoms with Crippen LogP contribution in [0.3, 0.4) is 0 Å². The number of rotatable bonds is 5. The SMILES string of the molecule is O=C(c1ccc(Cl)cc1)C1(C(=O)c2ccc(Cl)cc2)C=CC(c2ccccc2)C=C1. The quantitative estimate of drug-likeness (QED) is 0.248. The topological polar surface area (TPSA) is 34.1 Å². The molecule has 4 heteroatoms. The lowest BCUT2D eigenvalue weighted by Crippen LogP contribution is -2.37. The van der Waals surface area contributed by atoms with E-state index in [1.165, 1.54) is 0 Å². The summed E-state index contributed by atoms with van der Waals surface area (Å²) in [5.74, 6) is -0.591. The lowest BCUT2D eigenvalue weighted by Gasteiger charge is -2.29. The Balaban J connectivity index is 1.77. The zero-order valence-corrected chi connectivity index (χ0v) is 17.5. The van der Waals surface area contributed by atoms with Crippen LogP contribution in [0.4, 0.5) is 0 Å². The number of hydrogen-bond acceptors (Lipinski definition) is 2. The van der Waals surface area contributed by atoms with E-state index in [0.717, 1.165) is 5.56 Å². The van der Waals surface area contributed by atoms with Crippen LogP contribution in [0.2, 0.25) is 10.0 Å². The molecule has 148 valence electrons. The second-order valence-electron chi connectivity index (χ2n) is 7.20. The molecule has 0 aliphatic heterocycles. The van der Waals surface area contributed by atoms with Gasteiger partial charge in [-0.05, 0) is 54.1 Å². The van der Waals surface area contributed by atoms with Crippen molar-refractivity contribution in [3.63, 3.8) is 0 Å². The molecule has 0 atom stereocenters. The number of halogens is 2. The van der Waals surface area contributed by atoms with E-state index < -0.39 is 5.41 Å². The molecule has 4 rings (SSSR count). The van der Waals surface area contributed by atoms with E-state index in [2.05, 4.69) is 0 Å². The van der Waals surface area contributed by atoms with Crippen molar-refractivity contribution < 1.29 is 9.59 Å². The van der Waals surface area contributed by atoms with Gasteiger partial charge in [0.1, 0.15) is 5.41 Å². The zero-order chi connectivity index (χ0) is 21.1. The van der Waals surface area contributed by atoms with Gasteiger partial charge in [0.25, 0.3) is 0 Å². The monoisotopic (exact) mass is 432 g/mol. The standard InChI is InChI=1S/C26H18Cl2O2/c27-22-10-6-20(7-11-22)24(29)26(25(30)21-8-12-23(28)13-9-21)16-14-19(15-17-26)18-4-2-1-3-5-18/h1-17,19H. The second kappa shape index (κ2) is 8.43. The van der Waals surface area contributed by atoms with Crippen molar-refractivity contribution >= 4 is 34.8 Å². The van der Waals surface area contributed by atoms with Crippen LogP contribution in [-0.4, -0.2) is 11.6 Å². The van der Waals surface area contributed by atoms with Crippen LogP contribution in [0.5, 0.6) is 0 Å². The van der Waals surface area contributed by atoms with Crippen molar-refractivity contribution in [1.29, 1.82) is 0 Å². The smallest absolute Gasteiger partial charge is 0.184 e. The first-order chi connectivity index (χ1) is 14.5. The summed E-state index contributed by atoms with van der Waals surface area (Å²) >= 11 is 12.0. The molecule has 1 aliphatic carbocycles. The Morgan fingerprint density at radius 3 is 1.50 bits per heavy atom. The molecule has 3 aromatic rings. The average Bonchev–Trinajstić information content (AvgIpc) is 2.80. The highest BCUT2D eigenvalue weighted by molar-refractivity contribution is 6.31. The largest absolute Gasteiger partial charge is 0.292 e. The van der Waals surface area contributed by atoms with Gasteiger partial charge in [-0.25, -0.2) is 0 Å². The number of hydrogen-bond donors (Lipinski definition) is 0. The maximum Gasteiger partial charge on any atom is 0.184 e. The molecular weight excluding hydrogens is 415 g/mol. The maximum absolute atomic E-state index is 13.6. The third-order valence-corrected chi connectivity index (χ3v) is 5.79. The fraction of sp³-hybridized carbons (Fsp3) is 0.0769. The first-order valence-corrected chi connectivity index (χ1v) is 10.3. The molecular formula is C26H18Cl2O2. The van der Waals surface area contributed by atoms with Gasteiger partial charge in [0.05, 0.1) is 0 Å². The first kappa shape index (κ1) is 20.3. The van der Waals surface area contributed by atoms with E-state index in [-0.39, 0.29) is 17.5 Å². The number of Topliss-reactive ketones (excluding diaryl/α,β-unsaturated/α-hetero) is 2. The third-order valence-electron chi connectivity index (χ3n) is 5.28. The van der Waals surface area contributed by atoms with Gasteiger partial charge in [-0.3, -0.25) is 9.59 Å². The minimum atomic E-state index is -1.42. The first-order valence-electron chi connectivity index (χ1n) is 9.54. The fourth-order valence-corrected chi connectivity index (χ4v) is 3.87. The average molecular weight is 433 g/mol. The molecule has 0 radical (unpaired) electrons. The van der Waals surface area contributed by atoms with Crippen LogP contribution in [0.1, 0.15) is 32.2 Å². The highest BCUT2D eigenvalue weighted by atomic mass is 35.5. The summed E-state index contributed by atoms with van der Waals surface area (Å²) in [7, 11) is 0. The molecule has 0 unspecified atom stereocenters. The molecule has 0 amide bonds. The van der Waals surface area contributed by atoms with Crippen molar-refractivity contribution in [3.8, 4) is 0 Å². The minimum Gasteiger partial charge on any atom is -0.292 e. The molecule has 2 nitrogen and oxygen atoms in total. The van der Waals surface area contributed by atoms with Gasteiger partial charge in [0.15, 0.2) is 11.6 Å². The van der Waals surface area contributed by atoms with Crippen LogP contribution in [0, 0.1) is 5.41 Å². The zero-order valence-electron chi connectivity index (χ0n) is 16.0. The normalized spacial score (nSPS) is 15.1. The highest BCUT2D eigenvalue weighted by Crippen LogP contribution is 2.38. The lowest BCUT2D eigenvalue weighted by molar-refractivity contribution is 0.0774. The lowest BCUT2D eigenvalue weighted by atomic mass is 9.70. The predicted octanol–water partition coefficient (Wildman–Crippen LogP) is 6.96. The molecule has 0 N–H and O–H groups in total. The summed E-state index contributed by atoms with van der Waals surface area (Å²) in [6.07, 6.45) is 7.27. The van der Waals surface area contributed by atoms with Gasteiger partial charge in [0, 0.05) is 27.1 Å². The maximum atomic E-state index is 13.6. The van der Waals surface area contributed by atoms with Crippen molar-refractivity contribution in [2.24, 2.45) is 5.41 Å². The van der Waals surface area contributed by atoms with E-state index in [0.29, 0.717) is 21.2 Å².